The molecule has 4 nitrogen and oxygen atoms in total. The second-order valence-corrected chi connectivity index (χ2v) is 4.32. The van der Waals surface area contributed by atoms with Crippen LogP contribution in [0, 0.1) is 0 Å². The number of carbonyl (C=O) groups is 1. The molecule has 0 aliphatic heterocycles. The fourth-order valence-electron chi connectivity index (χ4n) is 1.15. The van der Waals surface area contributed by atoms with Gasteiger partial charge >= 0.3 is 12.1 Å². The number of rotatable bonds is 6. The first-order chi connectivity index (χ1) is 8.79. The van der Waals surface area contributed by atoms with Gasteiger partial charge in [-0.1, -0.05) is 0 Å². The molecule has 0 aliphatic rings. The summed E-state index contributed by atoms with van der Waals surface area (Å²) in [6, 6.07) is 4.13. The van der Waals surface area contributed by atoms with Crippen molar-refractivity contribution in [1.29, 1.82) is 0 Å². The summed E-state index contributed by atoms with van der Waals surface area (Å²) < 4.78 is 45.3. The largest absolute Gasteiger partial charge is 0.490 e. The molecule has 0 bridgehead atoms. The van der Waals surface area contributed by atoms with Gasteiger partial charge in [-0.25, -0.2) is 4.79 Å². The lowest BCUT2D eigenvalue weighted by Crippen LogP contribution is -2.19. The van der Waals surface area contributed by atoms with Gasteiger partial charge in [0.2, 0.25) is 0 Å². The first-order valence-electron chi connectivity index (χ1n) is 5.10. The third-order valence-electron chi connectivity index (χ3n) is 1.93. The minimum absolute atomic E-state index is 0.0226. The van der Waals surface area contributed by atoms with Crippen molar-refractivity contribution >= 4 is 21.9 Å². The molecule has 0 saturated carbocycles. The van der Waals surface area contributed by atoms with Gasteiger partial charge in [-0.05, 0) is 34.1 Å². The Hall–Kier alpha value is -1.28. The Labute approximate surface area is 115 Å². The number of hydrogen-bond acceptors (Lipinski definition) is 3. The van der Waals surface area contributed by atoms with E-state index in [1.807, 2.05) is 0 Å². The fourth-order valence-corrected chi connectivity index (χ4v) is 1.51. The maximum absolute atomic E-state index is 11.8. The molecule has 0 spiro atoms. The molecule has 0 aliphatic carbocycles. The molecule has 0 amide bonds. The lowest BCUT2D eigenvalue weighted by molar-refractivity contribution is -0.175. The van der Waals surface area contributed by atoms with Crippen molar-refractivity contribution < 1.29 is 32.5 Å². The van der Waals surface area contributed by atoms with Crippen molar-refractivity contribution in [2.24, 2.45) is 0 Å². The van der Waals surface area contributed by atoms with Crippen LogP contribution in [-0.2, 0) is 4.74 Å². The van der Waals surface area contributed by atoms with Crippen LogP contribution in [0.15, 0.2) is 22.7 Å². The van der Waals surface area contributed by atoms with Crippen molar-refractivity contribution in [2.45, 2.75) is 6.18 Å². The van der Waals surface area contributed by atoms with Crippen molar-refractivity contribution in [3.8, 4) is 5.75 Å². The van der Waals surface area contributed by atoms with Crippen molar-refractivity contribution in [1.82, 2.24) is 0 Å². The molecule has 0 heterocycles. The second kappa shape index (κ2) is 6.76. The average molecular weight is 343 g/mol. The number of alkyl halides is 3. The maximum atomic E-state index is 11.8. The number of halogens is 4. The number of hydrogen-bond donors (Lipinski definition) is 1. The monoisotopic (exact) mass is 342 g/mol. The molecule has 0 saturated heterocycles. The number of carboxylic acids is 1. The zero-order chi connectivity index (χ0) is 14.5. The predicted molar refractivity (Wildman–Crippen MR) is 63.5 cm³/mol. The Bertz CT molecular complexity index is 448. The van der Waals surface area contributed by atoms with Crippen molar-refractivity contribution in [3.05, 3.63) is 28.2 Å². The smallest absolute Gasteiger partial charge is 0.411 e. The van der Waals surface area contributed by atoms with Crippen molar-refractivity contribution in [2.75, 3.05) is 19.8 Å². The lowest BCUT2D eigenvalue weighted by Gasteiger charge is -2.10. The molecule has 8 heteroatoms. The highest BCUT2D eigenvalue weighted by molar-refractivity contribution is 9.10. The normalized spacial score (nSPS) is 11.4. The molecule has 1 rings (SSSR count). The maximum Gasteiger partial charge on any atom is 0.411 e. The van der Waals surface area contributed by atoms with Gasteiger partial charge < -0.3 is 14.6 Å². The van der Waals surface area contributed by atoms with Gasteiger partial charge in [0.25, 0.3) is 0 Å². The van der Waals surface area contributed by atoms with Gasteiger partial charge in [0.1, 0.15) is 19.0 Å². The van der Waals surface area contributed by atoms with E-state index in [1.54, 1.807) is 0 Å². The Morgan fingerprint density at radius 2 is 2.00 bits per heavy atom. The summed E-state index contributed by atoms with van der Waals surface area (Å²) in [6.45, 7) is -1.70. The third-order valence-corrected chi connectivity index (χ3v) is 2.58. The highest BCUT2D eigenvalue weighted by atomic mass is 79.9. The van der Waals surface area contributed by atoms with E-state index in [0.29, 0.717) is 4.47 Å². The van der Waals surface area contributed by atoms with Crippen LogP contribution in [0.1, 0.15) is 10.4 Å². The molecule has 1 aromatic rings. The summed E-state index contributed by atoms with van der Waals surface area (Å²) >= 11 is 3.14. The van der Waals surface area contributed by atoms with Crippen LogP contribution in [0.5, 0.6) is 5.75 Å². The number of aromatic carboxylic acids is 1. The van der Waals surface area contributed by atoms with Crippen LogP contribution >= 0.6 is 15.9 Å². The molecular formula is C11H10BrF3O4. The summed E-state index contributed by atoms with van der Waals surface area (Å²) in [7, 11) is 0. The van der Waals surface area contributed by atoms with E-state index in [9.17, 15) is 18.0 Å². The Morgan fingerprint density at radius 3 is 2.58 bits per heavy atom. The van der Waals surface area contributed by atoms with E-state index in [-0.39, 0.29) is 24.5 Å². The Kier molecular flexibility index (Phi) is 5.61. The van der Waals surface area contributed by atoms with Gasteiger partial charge in [-0.3, -0.25) is 0 Å². The topological polar surface area (TPSA) is 55.8 Å². The molecule has 1 N–H and O–H groups in total. The predicted octanol–water partition coefficient (Wildman–Crippen LogP) is 3.11. The minimum Gasteiger partial charge on any atom is -0.490 e. The van der Waals surface area contributed by atoms with Gasteiger partial charge in [0, 0.05) is 0 Å². The number of carboxylic acid groups (broad SMARTS) is 1. The van der Waals surface area contributed by atoms with E-state index >= 15 is 0 Å². The van der Waals surface area contributed by atoms with Crippen LogP contribution in [0.3, 0.4) is 0 Å². The highest BCUT2D eigenvalue weighted by Gasteiger charge is 2.27. The van der Waals surface area contributed by atoms with E-state index < -0.39 is 18.8 Å². The summed E-state index contributed by atoms with van der Waals surface area (Å²) in [6.07, 6.45) is -4.37. The zero-order valence-electron chi connectivity index (χ0n) is 9.54. The first kappa shape index (κ1) is 15.8. The van der Waals surface area contributed by atoms with Crippen LogP contribution in [0.2, 0.25) is 0 Å². The SMILES string of the molecule is O=C(O)c1ccc(Br)c(OCCOCC(F)(F)F)c1. The third kappa shape index (κ3) is 5.93. The second-order valence-electron chi connectivity index (χ2n) is 3.47. The zero-order valence-corrected chi connectivity index (χ0v) is 11.1. The standard InChI is InChI=1S/C11H10BrF3O4/c12-8-2-1-7(10(16)17)5-9(8)19-4-3-18-6-11(13,14)15/h1-2,5H,3-4,6H2,(H,16,17). The fraction of sp³-hybridized carbons (Fsp3) is 0.364. The summed E-state index contributed by atoms with van der Waals surface area (Å²) in [5, 5.41) is 8.78. The average Bonchev–Trinajstić information content (AvgIpc) is 2.29. The Morgan fingerprint density at radius 1 is 1.32 bits per heavy atom. The summed E-state index contributed by atoms with van der Waals surface area (Å²) in [5.74, 6) is -0.888. The molecule has 1 aromatic carbocycles. The molecule has 19 heavy (non-hydrogen) atoms. The van der Waals surface area contributed by atoms with Crippen molar-refractivity contribution in [3.63, 3.8) is 0 Å². The number of benzene rings is 1. The molecule has 0 radical (unpaired) electrons. The van der Waals surface area contributed by atoms with Gasteiger partial charge in [0.05, 0.1) is 16.6 Å². The Balaban J connectivity index is 2.45. The quantitative estimate of drug-likeness (QED) is 0.807. The molecule has 0 unspecified atom stereocenters. The highest BCUT2D eigenvalue weighted by Crippen LogP contribution is 2.26. The summed E-state index contributed by atoms with van der Waals surface area (Å²) in [4.78, 5) is 10.7. The minimum atomic E-state index is -4.37. The van der Waals surface area contributed by atoms with Crippen LogP contribution < -0.4 is 4.74 Å². The van der Waals surface area contributed by atoms with Gasteiger partial charge in [0.15, 0.2) is 0 Å². The van der Waals surface area contributed by atoms with E-state index in [4.69, 9.17) is 9.84 Å². The molecule has 0 fully saturated rings. The van der Waals surface area contributed by atoms with Gasteiger partial charge in [-0.15, -0.1) is 0 Å². The molecular weight excluding hydrogens is 333 g/mol. The molecule has 0 aromatic heterocycles. The molecule has 0 atom stereocenters. The van der Waals surface area contributed by atoms with Crippen LogP contribution in [-0.4, -0.2) is 37.1 Å². The number of ether oxygens (including phenoxy) is 2. The van der Waals surface area contributed by atoms with E-state index in [2.05, 4.69) is 20.7 Å². The van der Waals surface area contributed by atoms with Crippen LogP contribution in [0.25, 0.3) is 0 Å². The van der Waals surface area contributed by atoms with E-state index in [1.165, 1.54) is 18.2 Å². The van der Waals surface area contributed by atoms with E-state index in [0.717, 1.165) is 0 Å². The lowest BCUT2D eigenvalue weighted by atomic mass is 10.2. The van der Waals surface area contributed by atoms with Crippen LogP contribution in [0.4, 0.5) is 13.2 Å². The first-order valence-corrected chi connectivity index (χ1v) is 5.89. The molecule has 106 valence electrons. The summed E-state index contributed by atoms with van der Waals surface area (Å²) in [5.41, 5.74) is 0.0226. The van der Waals surface area contributed by atoms with Gasteiger partial charge in [-0.2, -0.15) is 13.2 Å².